The molecule has 0 aliphatic heterocycles. The maximum absolute atomic E-state index is 5.03. The summed E-state index contributed by atoms with van der Waals surface area (Å²) in [7, 11) is -2.60. The molecule has 62 valence electrons. The van der Waals surface area contributed by atoms with Crippen LogP contribution >= 0.6 is 0 Å². The summed E-state index contributed by atoms with van der Waals surface area (Å²) in [5, 5.41) is 0. The highest BCUT2D eigenvalue weighted by Crippen LogP contribution is 2.09. The minimum Gasteiger partial charge on any atom is -0.491 e. The SMILES string of the molecule is C=CO[Si](C)(OC=C)OC=C. The molecule has 0 atom stereocenters. The lowest BCUT2D eigenvalue weighted by Crippen LogP contribution is -2.37. The van der Waals surface area contributed by atoms with Crippen LogP contribution in [0.1, 0.15) is 0 Å². The van der Waals surface area contributed by atoms with Crippen LogP contribution in [0.4, 0.5) is 0 Å². The third kappa shape index (κ3) is 3.52. The van der Waals surface area contributed by atoms with Crippen molar-refractivity contribution in [3.05, 3.63) is 38.5 Å². The Labute approximate surface area is 68.0 Å². The molecular weight excluding hydrogens is 160 g/mol. The molecule has 0 aromatic carbocycles. The summed E-state index contributed by atoms with van der Waals surface area (Å²) in [4.78, 5) is 0. The zero-order valence-electron chi connectivity index (χ0n) is 6.58. The number of rotatable bonds is 6. The Hall–Kier alpha value is -1.16. The molecule has 0 bridgehead atoms. The molecule has 0 N–H and O–H groups in total. The lowest BCUT2D eigenvalue weighted by molar-refractivity contribution is 0.191. The maximum Gasteiger partial charge on any atom is 0.694 e. The fourth-order valence-corrected chi connectivity index (χ4v) is 1.61. The van der Waals surface area contributed by atoms with E-state index in [1.54, 1.807) is 6.55 Å². The highest BCUT2D eigenvalue weighted by molar-refractivity contribution is 6.59. The van der Waals surface area contributed by atoms with Gasteiger partial charge in [-0.3, -0.25) is 0 Å². The van der Waals surface area contributed by atoms with Crippen molar-refractivity contribution in [3.63, 3.8) is 0 Å². The molecule has 0 rings (SSSR count). The molecule has 0 unspecified atom stereocenters. The first-order valence-corrected chi connectivity index (χ1v) is 5.27. The van der Waals surface area contributed by atoms with E-state index in [2.05, 4.69) is 19.7 Å². The van der Waals surface area contributed by atoms with Crippen molar-refractivity contribution in [2.24, 2.45) is 0 Å². The normalized spacial score (nSPS) is 9.55. The van der Waals surface area contributed by atoms with Gasteiger partial charge in [0.05, 0.1) is 18.8 Å². The molecule has 0 amide bonds. The molecule has 0 heterocycles. The largest absolute Gasteiger partial charge is 0.694 e. The van der Waals surface area contributed by atoms with Gasteiger partial charge in [0.25, 0.3) is 0 Å². The number of hydrogen-bond donors (Lipinski definition) is 0. The smallest absolute Gasteiger partial charge is 0.491 e. The van der Waals surface area contributed by atoms with Gasteiger partial charge in [0.2, 0.25) is 0 Å². The van der Waals surface area contributed by atoms with Gasteiger partial charge in [-0.1, -0.05) is 19.7 Å². The summed E-state index contributed by atoms with van der Waals surface area (Å²) in [6, 6.07) is 0. The minimum atomic E-state index is -2.60. The third-order valence-electron chi connectivity index (χ3n) is 0.892. The Balaban J connectivity index is 4.09. The average Bonchev–Trinajstić information content (AvgIpc) is 1.88. The van der Waals surface area contributed by atoms with E-state index in [0.717, 1.165) is 0 Å². The Bertz CT molecular complexity index is 129. The molecule has 0 aromatic heterocycles. The second-order valence-electron chi connectivity index (χ2n) is 1.72. The first-order valence-electron chi connectivity index (χ1n) is 3.04. The van der Waals surface area contributed by atoms with Crippen molar-refractivity contribution in [1.29, 1.82) is 0 Å². The Morgan fingerprint density at radius 3 is 1.36 bits per heavy atom. The van der Waals surface area contributed by atoms with E-state index in [9.17, 15) is 0 Å². The van der Waals surface area contributed by atoms with Crippen LogP contribution in [0.25, 0.3) is 0 Å². The Morgan fingerprint density at radius 2 is 1.18 bits per heavy atom. The second-order valence-corrected chi connectivity index (χ2v) is 4.15. The predicted octanol–water partition coefficient (Wildman–Crippen LogP) is 2.04. The molecule has 11 heavy (non-hydrogen) atoms. The first-order chi connectivity index (χ1) is 5.18. The molecular formula is C7H12O3Si. The van der Waals surface area contributed by atoms with Crippen LogP contribution < -0.4 is 0 Å². The predicted molar refractivity (Wildman–Crippen MR) is 45.5 cm³/mol. The standard InChI is InChI=1S/C7H12O3Si/c1-5-8-11(4,9-6-2)10-7-3/h5-7H,1-3H2,4H3. The van der Waals surface area contributed by atoms with Crippen molar-refractivity contribution in [3.8, 4) is 0 Å². The lowest BCUT2D eigenvalue weighted by atomic mass is 11.2. The fourth-order valence-electron chi connectivity index (χ4n) is 0.537. The van der Waals surface area contributed by atoms with Gasteiger partial charge in [-0.05, 0) is 0 Å². The van der Waals surface area contributed by atoms with Gasteiger partial charge in [-0.2, -0.15) is 0 Å². The molecule has 4 heteroatoms. The van der Waals surface area contributed by atoms with Crippen LogP contribution in [-0.2, 0) is 13.3 Å². The summed E-state index contributed by atoms with van der Waals surface area (Å²) < 4.78 is 15.1. The summed E-state index contributed by atoms with van der Waals surface area (Å²) in [5.74, 6) is 0. The highest BCUT2D eigenvalue weighted by Gasteiger charge is 2.38. The lowest BCUT2D eigenvalue weighted by Gasteiger charge is -2.20. The van der Waals surface area contributed by atoms with Gasteiger partial charge >= 0.3 is 8.80 Å². The molecule has 0 saturated carbocycles. The Morgan fingerprint density at radius 1 is 0.909 bits per heavy atom. The quantitative estimate of drug-likeness (QED) is 0.453. The molecule has 0 fully saturated rings. The molecule has 0 aliphatic rings. The topological polar surface area (TPSA) is 27.7 Å². The van der Waals surface area contributed by atoms with Crippen molar-refractivity contribution in [1.82, 2.24) is 0 Å². The van der Waals surface area contributed by atoms with E-state index in [1.165, 1.54) is 18.8 Å². The average molecular weight is 172 g/mol. The summed E-state index contributed by atoms with van der Waals surface area (Å²) in [6.07, 6.45) is 3.83. The van der Waals surface area contributed by atoms with Crippen LogP contribution in [0.3, 0.4) is 0 Å². The minimum absolute atomic E-state index is 1.28. The maximum atomic E-state index is 5.03. The summed E-state index contributed by atoms with van der Waals surface area (Å²) in [6.45, 7) is 11.9. The third-order valence-corrected chi connectivity index (χ3v) is 2.68. The molecule has 0 radical (unpaired) electrons. The van der Waals surface area contributed by atoms with Crippen LogP contribution in [0, 0.1) is 0 Å². The van der Waals surface area contributed by atoms with Gasteiger partial charge in [-0.15, -0.1) is 0 Å². The van der Waals surface area contributed by atoms with E-state index in [-0.39, 0.29) is 0 Å². The zero-order chi connectivity index (χ0) is 8.74. The molecule has 0 aromatic rings. The van der Waals surface area contributed by atoms with Crippen molar-refractivity contribution in [2.45, 2.75) is 6.55 Å². The first kappa shape index (κ1) is 9.84. The van der Waals surface area contributed by atoms with Crippen LogP contribution in [-0.4, -0.2) is 8.80 Å². The van der Waals surface area contributed by atoms with E-state index in [0.29, 0.717) is 0 Å². The summed E-state index contributed by atoms with van der Waals surface area (Å²) in [5.41, 5.74) is 0. The molecule has 3 nitrogen and oxygen atoms in total. The van der Waals surface area contributed by atoms with E-state index < -0.39 is 8.80 Å². The van der Waals surface area contributed by atoms with Crippen LogP contribution in [0.5, 0.6) is 0 Å². The fraction of sp³-hybridized carbons (Fsp3) is 0.143. The molecule has 0 saturated heterocycles. The van der Waals surface area contributed by atoms with E-state index in [4.69, 9.17) is 13.3 Å². The van der Waals surface area contributed by atoms with Crippen molar-refractivity contribution < 1.29 is 13.3 Å². The van der Waals surface area contributed by atoms with E-state index >= 15 is 0 Å². The Kier molecular flexibility index (Phi) is 4.13. The summed E-state index contributed by atoms with van der Waals surface area (Å²) >= 11 is 0. The zero-order valence-corrected chi connectivity index (χ0v) is 7.58. The van der Waals surface area contributed by atoms with Crippen LogP contribution in [0.2, 0.25) is 6.55 Å². The second kappa shape index (κ2) is 4.62. The van der Waals surface area contributed by atoms with Crippen molar-refractivity contribution in [2.75, 3.05) is 0 Å². The van der Waals surface area contributed by atoms with Crippen LogP contribution in [0.15, 0.2) is 38.5 Å². The van der Waals surface area contributed by atoms with Gasteiger partial charge in [-0.25, -0.2) is 0 Å². The van der Waals surface area contributed by atoms with Gasteiger partial charge in [0.1, 0.15) is 0 Å². The van der Waals surface area contributed by atoms with Gasteiger partial charge in [0, 0.05) is 6.55 Å². The molecule has 0 spiro atoms. The van der Waals surface area contributed by atoms with Gasteiger partial charge in [0.15, 0.2) is 0 Å². The van der Waals surface area contributed by atoms with Gasteiger partial charge < -0.3 is 13.3 Å². The van der Waals surface area contributed by atoms with Crippen molar-refractivity contribution >= 4 is 8.80 Å². The molecule has 0 aliphatic carbocycles. The highest BCUT2D eigenvalue weighted by atomic mass is 28.4. The number of hydrogen-bond acceptors (Lipinski definition) is 3. The van der Waals surface area contributed by atoms with E-state index in [1.807, 2.05) is 0 Å². The monoisotopic (exact) mass is 172 g/mol.